The molecule has 1 unspecified atom stereocenters. The molecular weight excluding hydrogens is 630 g/mol. The summed E-state index contributed by atoms with van der Waals surface area (Å²) in [6.07, 6.45) is 1.36. The smallest absolute Gasteiger partial charge is 0.326 e. The lowest BCUT2D eigenvalue weighted by molar-refractivity contribution is -0.137. The predicted octanol–water partition coefficient (Wildman–Crippen LogP) is 6.30. The van der Waals surface area contributed by atoms with Crippen LogP contribution in [0.3, 0.4) is 0 Å². The molecule has 0 aliphatic rings. The number of ketones is 1. The molecule has 0 fully saturated rings. The number of nitrogens with one attached hydrogen (secondary N) is 2. The van der Waals surface area contributed by atoms with E-state index in [-0.39, 0.29) is 28.2 Å². The van der Waals surface area contributed by atoms with Crippen LogP contribution >= 0.6 is 0 Å². The molecule has 1 atom stereocenters. The maximum atomic E-state index is 13.4. The zero-order valence-electron chi connectivity index (χ0n) is 26.7. The predicted molar refractivity (Wildman–Crippen MR) is 183 cm³/mol. The molecule has 0 spiro atoms. The minimum atomic E-state index is -3.67. The first-order valence-electron chi connectivity index (χ1n) is 15.6. The number of carboxylic acid groups (broad SMARTS) is 1. The number of hydrogen-bond donors (Lipinski definition) is 3. The molecule has 3 N–H and O–H groups in total. The molecule has 5 rings (SSSR count). The first kappa shape index (κ1) is 34.1. The van der Waals surface area contributed by atoms with Gasteiger partial charge >= 0.3 is 5.97 Å². The Hall–Kier alpha value is -5.26. The van der Waals surface area contributed by atoms with Crippen molar-refractivity contribution in [2.24, 2.45) is 0 Å². The number of oxazole rings is 1. The van der Waals surface area contributed by atoms with Gasteiger partial charge in [-0.05, 0) is 79.6 Å². The van der Waals surface area contributed by atoms with E-state index in [9.17, 15) is 23.1 Å². The van der Waals surface area contributed by atoms with Crippen LogP contribution in [0, 0.1) is 6.92 Å². The van der Waals surface area contributed by atoms with Crippen LogP contribution in [0.15, 0.2) is 112 Å². The number of benzene rings is 4. The van der Waals surface area contributed by atoms with E-state index in [1.165, 1.54) is 24.3 Å². The van der Waals surface area contributed by atoms with Crippen molar-refractivity contribution in [3.8, 4) is 17.2 Å². The molecular formula is C37H37N3O7S. The fourth-order valence-electron chi connectivity index (χ4n) is 5.04. The Bertz CT molecular complexity index is 1960. The molecule has 0 amide bonds. The summed E-state index contributed by atoms with van der Waals surface area (Å²) in [7, 11) is -3.67. The second kappa shape index (κ2) is 15.6. The van der Waals surface area contributed by atoms with Gasteiger partial charge in [0.25, 0.3) is 0 Å². The van der Waals surface area contributed by atoms with E-state index >= 15 is 0 Å². The van der Waals surface area contributed by atoms with Crippen molar-refractivity contribution < 1.29 is 32.3 Å². The number of carbonyl (C=O) groups excluding carboxylic acids is 1. The Morgan fingerprint density at radius 3 is 2.29 bits per heavy atom. The quantitative estimate of drug-likeness (QED) is 0.103. The van der Waals surface area contributed by atoms with Gasteiger partial charge in [-0.25, -0.2) is 22.9 Å². The largest absolute Gasteiger partial charge is 0.493 e. The molecule has 48 heavy (non-hydrogen) atoms. The van der Waals surface area contributed by atoms with E-state index in [1.807, 2.05) is 56.3 Å². The van der Waals surface area contributed by atoms with Gasteiger partial charge in [-0.1, -0.05) is 49.4 Å². The van der Waals surface area contributed by atoms with Gasteiger partial charge in [-0.3, -0.25) is 4.79 Å². The summed E-state index contributed by atoms with van der Waals surface area (Å²) in [6, 6.07) is 28.2. The summed E-state index contributed by atoms with van der Waals surface area (Å²) < 4.78 is 39.1. The van der Waals surface area contributed by atoms with Crippen LogP contribution in [-0.2, 0) is 27.7 Å². The highest BCUT2D eigenvalue weighted by Crippen LogP contribution is 2.24. The molecule has 1 aromatic heterocycles. The van der Waals surface area contributed by atoms with Crippen molar-refractivity contribution in [3.05, 3.63) is 131 Å². The van der Waals surface area contributed by atoms with E-state index < -0.39 is 22.0 Å². The fraction of sp³-hybridized carbons (Fsp3) is 0.216. The molecule has 5 aromatic rings. The highest BCUT2D eigenvalue weighted by atomic mass is 32.2. The lowest BCUT2D eigenvalue weighted by atomic mass is 10.00. The van der Waals surface area contributed by atoms with E-state index in [1.54, 1.807) is 36.4 Å². The van der Waals surface area contributed by atoms with Crippen LogP contribution in [0.4, 0.5) is 5.69 Å². The Morgan fingerprint density at radius 1 is 0.917 bits per heavy atom. The number of nitrogens with zero attached hydrogens (tertiary/aromatic N) is 1. The third kappa shape index (κ3) is 8.55. The molecule has 0 saturated heterocycles. The third-order valence-electron chi connectivity index (χ3n) is 7.65. The van der Waals surface area contributed by atoms with Gasteiger partial charge in [0.2, 0.25) is 15.9 Å². The van der Waals surface area contributed by atoms with Gasteiger partial charge in [0.15, 0.2) is 5.78 Å². The van der Waals surface area contributed by atoms with Gasteiger partial charge < -0.3 is 19.6 Å². The van der Waals surface area contributed by atoms with Crippen molar-refractivity contribution >= 4 is 27.5 Å². The highest BCUT2D eigenvalue weighted by molar-refractivity contribution is 7.89. The molecule has 0 aliphatic carbocycles. The topological polar surface area (TPSA) is 148 Å². The number of ether oxygens (including phenoxy) is 1. The minimum absolute atomic E-state index is 0.0590. The van der Waals surface area contributed by atoms with E-state index in [4.69, 9.17) is 9.15 Å². The van der Waals surface area contributed by atoms with Crippen molar-refractivity contribution in [1.29, 1.82) is 0 Å². The molecule has 0 saturated carbocycles. The molecule has 0 radical (unpaired) electrons. The van der Waals surface area contributed by atoms with Crippen molar-refractivity contribution in [2.45, 2.75) is 44.0 Å². The number of aromatic nitrogens is 1. The summed E-state index contributed by atoms with van der Waals surface area (Å²) in [5.74, 6) is 0.505. The van der Waals surface area contributed by atoms with E-state index in [0.29, 0.717) is 43.3 Å². The number of anilines is 1. The molecule has 4 aromatic carbocycles. The normalized spacial score (nSPS) is 12.0. The standard InChI is InChI=1S/C37H37N3O7S/c1-3-22-38-48(44,45)30-19-15-27(16-20-30)35(41)31-11-7-8-12-33(31)39-34(37(42)43)24-26-13-17-29(18-14-26)46-23-21-32-25(2)47-36(40-32)28-9-5-4-6-10-28/h4-20,34,38-39H,3,21-24H2,1-2H3,(H,42,43). The number of carboxylic acids is 1. The van der Waals surface area contributed by atoms with Crippen LogP contribution in [0.1, 0.15) is 46.3 Å². The summed E-state index contributed by atoms with van der Waals surface area (Å²) in [5.41, 5.74) is 3.40. The number of carbonyl (C=O) groups is 2. The molecule has 10 nitrogen and oxygen atoms in total. The van der Waals surface area contributed by atoms with Gasteiger partial charge in [0.05, 0.1) is 17.2 Å². The fourth-order valence-corrected chi connectivity index (χ4v) is 6.18. The average molecular weight is 668 g/mol. The zero-order valence-corrected chi connectivity index (χ0v) is 27.5. The summed E-state index contributed by atoms with van der Waals surface area (Å²) in [5, 5.41) is 13.1. The number of para-hydroxylation sites is 1. The number of hydrogen-bond acceptors (Lipinski definition) is 8. The van der Waals surface area contributed by atoms with Crippen molar-refractivity contribution in [2.75, 3.05) is 18.5 Å². The second-order valence-corrected chi connectivity index (χ2v) is 12.9. The van der Waals surface area contributed by atoms with Crippen molar-refractivity contribution in [3.63, 3.8) is 0 Å². The highest BCUT2D eigenvalue weighted by Gasteiger charge is 2.22. The summed E-state index contributed by atoms with van der Waals surface area (Å²) in [6.45, 7) is 4.44. The lowest BCUT2D eigenvalue weighted by Gasteiger charge is -2.18. The Balaban J connectivity index is 1.20. The van der Waals surface area contributed by atoms with Crippen LogP contribution in [0.2, 0.25) is 0 Å². The number of sulfonamides is 1. The summed E-state index contributed by atoms with van der Waals surface area (Å²) in [4.78, 5) is 30.4. The zero-order chi connectivity index (χ0) is 34.1. The van der Waals surface area contributed by atoms with E-state index in [0.717, 1.165) is 22.6 Å². The Kier molecular flexibility index (Phi) is 11.0. The number of aryl methyl sites for hydroxylation is 1. The average Bonchev–Trinajstić information content (AvgIpc) is 3.48. The van der Waals surface area contributed by atoms with Crippen LogP contribution in [-0.4, -0.2) is 49.5 Å². The second-order valence-electron chi connectivity index (χ2n) is 11.2. The van der Waals surface area contributed by atoms with Crippen LogP contribution in [0.25, 0.3) is 11.5 Å². The van der Waals surface area contributed by atoms with Gasteiger partial charge in [-0.15, -0.1) is 0 Å². The molecule has 248 valence electrons. The molecule has 1 heterocycles. The Morgan fingerprint density at radius 2 is 1.60 bits per heavy atom. The van der Waals surface area contributed by atoms with E-state index in [2.05, 4.69) is 15.0 Å². The number of rotatable bonds is 16. The minimum Gasteiger partial charge on any atom is -0.493 e. The summed E-state index contributed by atoms with van der Waals surface area (Å²) >= 11 is 0. The number of aliphatic carboxylic acids is 1. The van der Waals surface area contributed by atoms with Gasteiger partial charge in [-0.2, -0.15) is 0 Å². The van der Waals surface area contributed by atoms with Crippen LogP contribution in [0.5, 0.6) is 5.75 Å². The Labute approximate surface area is 279 Å². The van der Waals surface area contributed by atoms with Gasteiger partial charge in [0.1, 0.15) is 17.6 Å². The first-order valence-corrected chi connectivity index (χ1v) is 17.1. The maximum absolute atomic E-state index is 13.4. The first-order chi connectivity index (χ1) is 23.1. The molecule has 0 aliphatic heterocycles. The molecule has 0 bridgehead atoms. The third-order valence-corrected chi connectivity index (χ3v) is 9.13. The monoisotopic (exact) mass is 667 g/mol. The molecule has 11 heteroatoms. The van der Waals surface area contributed by atoms with Gasteiger partial charge in [0, 0.05) is 41.8 Å². The maximum Gasteiger partial charge on any atom is 0.326 e. The lowest BCUT2D eigenvalue weighted by Crippen LogP contribution is -2.32. The SMILES string of the molecule is CCCNS(=O)(=O)c1ccc(C(=O)c2ccccc2NC(Cc2ccc(OCCc3nc(-c4ccccc4)oc3C)cc2)C(=O)O)cc1. The van der Waals surface area contributed by atoms with Crippen LogP contribution < -0.4 is 14.8 Å². The van der Waals surface area contributed by atoms with Crippen molar-refractivity contribution in [1.82, 2.24) is 9.71 Å².